The van der Waals surface area contributed by atoms with Crippen molar-refractivity contribution in [1.82, 2.24) is 0 Å². The lowest BCUT2D eigenvalue weighted by atomic mass is 9.97. The Morgan fingerprint density at radius 3 is 2.50 bits per heavy atom. The standard InChI is InChI=1S/C12H18BrN/c1-8(2)6-12(14)10-5-4-9(3)7-11(10)13/h4-5,7-8,12H,6,14H2,1-3H3/t12-/m1/s1. The lowest BCUT2D eigenvalue weighted by Gasteiger charge is -2.16. The first-order valence-electron chi connectivity index (χ1n) is 5.02. The molecule has 0 aliphatic heterocycles. The van der Waals surface area contributed by atoms with Gasteiger partial charge in [0.2, 0.25) is 0 Å². The summed E-state index contributed by atoms with van der Waals surface area (Å²) in [5, 5.41) is 0. The Kier molecular flexibility index (Phi) is 4.14. The highest BCUT2D eigenvalue weighted by Crippen LogP contribution is 2.26. The van der Waals surface area contributed by atoms with Crippen molar-refractivity contribution in [3.8, 4) is 0 Å². The van der Waals surface area contributed by atoms with Gasteiger partial charge in [-0.25, -0.2) is 0 Å². The lowest BCUT2D eigenvalue weighted by molar-refractivity contribution is 0.509. The summed E-state index contributed by atoms with van der Waals surface area (Å²) < 4.78 is 1.13. The van der Waals surface area contributed by atoms with Crippen molar-refractivity contribution in [2.75, 3.05) is 0 Å². The van der Waals surface area contributed by atoms with Crippen LogP contribution in [0.1, 0.15) is 37.4 Å². The topological polar surface area (TPSA) is 26.0 Å². The van der Waals surface area contributed by atoms with E-state index in [1.54, 1.807) is 0 Å². The van der Waals surface area contributed by atoms with E-state index in [9.17, 15) is 0 Å². The van der Waals surface area contributed by atoms with Gasteiger partial charge in [-0.2, -0.15) is 0 Å². The van der Waals surface area contributed by atoms with Gasteiger partial charge >= 0.3 is 0 Å². The second kappa shape index (κ2) is 4.94. The number of hydrogen-bond donors (Lipinski definition) is 1. The fraction of sp³-hybridized carbons (Fsp3) is 0.500. The summed E-state index contributed by atoms with van der Waals surface area (Å²) in [6.45, 7) is 6.48. The molecule has 1 rings (SSSR count). The zero-order valence-corrected chi connectivity index (χ0v) is 10.6. The molecule has 0 saturated heterocycles. The number of nitrogens with two attached hydrogens (primary N) is 1. The Balaban J connectivity index is 2.84. The van der Waals surface area contributed by atoms with E-state index in [1.165, 1.54) is 11.1 Å². The molecule has 1 aromatic rings. The van der Waals surface area contributed by atoms with E-state index in [-0.39, 0.29) is 6.04 Å². The highest BCUT2D eigenvalue weighted by molar-refractivity contribution is 9.10. The highest BCUT2D eigenvalue weighted by Gasteiger charge is 2.11. The number of halogens is 1. The summed E-state index contributed by atoms with van der Waals surface area (Å²) in [7, 11) is 0. The Labute approximate surface area is 94.8 Å². The highest BCUT2D eigenvalue weighted by atomic mass is 79.9. The van der Waals surface area contributed by atoms with Gasteiger partial charge in [0.25, 0.3) is 0 Å². The molecular weight excluding hydrogens is 238 g/mol. The summed E-state index contributed by atoms with van der Waals surface area (Å²) in [4.78, 5) is 0. The quantitative estimate of drug-likeness (QED) is 0.874. The molecule has 0 saturated carbocycles. The van der Waals surface area contributed by atoms with Crippen molar-refractivity contribution in [2.45, 2.75) is 33.2 Å². The molecule has 0 unspecified atom stereocenters. The number of aryl methyl sites for hydroxylation is 1. The number of benzene rings is 1. The average molecular weight is 256 g/mol. The van der Waals surface area contributed by atoms with E-state index in [1.807, 2.05) is 0 Å². The zero-order chi connectivity index (χ0) is 10.7. The first-order chi connectivity index (χ1) is 6.50. The first-order valence-corrected chi connectivity index (χ1v) is 5.81. The van der Waals surface area contributed by atoms with Crippen LogP contribution in [0.2, 0.25) is 0 Å². The summed E-state index contributed by atoms with van der Waals surface area (Å²) in [5.41, 5.74) is 8.59. The van der Waals surface area contributed by atoms with Crippen LogP contribution in [0.15, 0.2) is 22.7 Å². The van der Waals surface area contributed by atoms with Gasteiger partial charge in [0.15, 0.2) is 0 Å². The smallest absolute Gasteiger partial charge is 0.0308 e. The summed E-state index contributed by atoms with van der Waals surface area (Å²) in [5.74, 6) is 0.637. The molecule has 1 atom stereocenters. The van der Waals surface area contributed by atoms with Gasteiger partial charge in [-0.05, 0) is 36.5 Å². The third-order valence-corrected chi connectivity index (χ3v) is 2.97. The molecule has 0 amide bonds. The van der Waals surface area contributed by atoms with Crippen molar-refractivity contribution >= 4 is 15.9 Å². The normalized spacial score (nSPS) is 13.3. The molecule has 1 aromatic carbocycles. The second-order valence-electron chi connectivity index (χ2n) is 4.26. The van der Waals surface area contributed by atoms with Crippen molar-refractivity contribution in [3.63, 3.8) is 0 Å². The molecule has 0 bridgehead atoms. The van der Waals surface area contributed by atoms with Gasteiger partial charge < -0.3 is 5.73 Å². The van der Waals surface area contributed by atoms with E-state index in [4.69, 9.17) is 5.73 Å². The predicted octanol–water partition coefficient (Wildman–Crippen LogP) is 3.80. The van der Waals surface area contributed by atoms with Gasteiger partial charge in [0.1, 0.15) is 0 Å². The molecule has 0 aliphatic carbocycles. The largest absolute Gasteiger partial charge is 0.324 e. The minimum Gasteiger partial charge on any atom is -0.324 e. The molecular formula is C12H18BrN. The lowest BCUT2D eigenvalue weighted by Crippen LogP contribution is -2.13. The third kappa shape index (κ3) is 3.10. The van der Waals surface area contributed by atoms with Gasteiger partial charge in [0.05, 0.1) is 0 Å². The third-order valence-electron chi connectivity index (χ3n) is 2.28. The maximum absolute atomic E-state index is 6.12. The molecule has 0 aromatic heterocycles. The van der Waals surface area contributed by atoms with Crippen molar-refractivity contribution in [3.05, 3.63) is 33.8 Å². The molecule has 0 aliphatic rings. The van der Waals surface area contributed by atoms with E-state index in [0.717, 1.165) is 10.9 Å². The Morgan fingerprint density at radius 2 is 2.00 bits per heavy atom. The second-order valence-corrected chi connectivity index (χ2v) is 5.12. The SMILES string of the molecule is Cc1ccc([C@H](N)CC(C)C)c(Br)c1. The Morgan fingerprint density at radius 1 is 1.36 bits per heavy atom. The van der Waals surface area contributed by atoms with E-state index in [0.29, 0.717) is 5.92 Å². The molecule has 2 N–H and O–H groups in total. The monoisotopic (exact) mass is 255 g/mol. The van der Waals surface area contributed by atoms with Crippen LogP contribution in [-0.4, -0.2) is 0 Å². The molecule has 0 spiro atoms. The van der Waals surface area contributed by atoms with Crippen LogP contribution >= 0.6 is 15.9 Å². The first kappa shape index (κ1) is 11.7. The maximum atomic E-state index is 6.12. The number of hydrogen-bond acceptors (Lipinski definition) is 1. The molecule has 0 radical (unpaired) electrons. The molecule has 0 fully saturated rings. The average Bonchev–Trinajstić information content (AvgIpc) is 2.01. The van der Waals surface area contributed by atoms with Crippen LogP contribution in [0, 0.1) is 12.8 Å². The number of rotatable bonds is 3. The molecule has 1 nitrogen and oxygen atoms in total. The molecule has 78 valence electrons. The van der Waals surface area contributed by atoms with E-state index in [2.05, 4.69) is 54.9 Å². The van der Waals surface area contributed by atoms with Crippen LogP contribution in [-0.2, 0) is 0 Å². The summed E-state index contributed by atoms with van der Waals surface area (Å²) in [6.07, 6.45) is 1.03. The van der Waals surface area contributed by atoms with Crippen LogP contribution in [0.25, 0.3) is 0 Å². The molecule has 2 heteroatoms. The van der Waals surface area contributed by atoms with Crippen LogP contribution in [0.3, 0.4) is 0 Å². The van der Waals surface area contributed by atoms with Gasteiger partial charge in [0, 0.05) is 10.5 Å². The molecule has 0 heterocycles. The van der Waals surface area contributed by atoms with Crippen molar-refractivity contribution in [1.29, 1.82) is 0 Å². The van der Waals surface area contributed by atoms with Gasteiger partial charge in [-0.1, -0.05) is 41.9 Å². The van der Waals surface area contributed by atoms with Crippen LogP contribution < -0.4 is 5.73 Å². The fourth-order valence-corrected chi connectivity index (χ4v) is 2.35. The van der Waals surface area contributed by atoms with E-state index < -0.39 is 0 Å². The Hall–Kier alpha value is -0.340. The van der Waals surface area contributed by atoms with Gasteiger partial charge in [-0.15, -0.1) is 0 Å². The zero-order valence-electron chi connectivity index (χ0n) is 9.05. The van der Waals surface area contributed by atoms with Crippen LogP contribution in [0.5, 0.6) is 0 Å². The van der Waals surface area contributed by atoms with E-state index >= 15 is 0 Å². The predicted molar refractivity (Wildman–Crippen MR) is 65.3 cm³/mol. The summed E-state index contributed by atoms with van der Waals surface area (Å²) in [6, 6.07) is 6.49. The van der Waals surface area contributed by atoms with Gasteiger partial charge in [-0.3, -0.25) is 0 Å². The minimum atomic E-state index is 0.143. The molecule has 14 heavy (non-hydrogen) atoms. The van der Waals surface area contributed by atoms with Crippen LogP contribution in [0.4, 0.5) is 0 Å². The minimum absolute atomic E-state index is 0.143. The fourth-order valence-electron chi connectivity index (χ4n) is 1.57. The Bertz CT molecular complexity index is 307. The van der Waals surface area contributed by atoms with Crippen molar-refractivity contribution in [2.24, 2.45) is 11.7 Å². The van der Waals surface area contributed by atoms with Crippen molar-refractivity contribution < 1.29 is 0 Å². The summed E-state index contributed by atoms with van der Waals surface area (Å²) >= 11 is 3.56. The maximum Gasteiger partial charge on any atom is 0.0308 e.